The molecule has 0 aromatic carbocycles. The Morgan fingerprint density at radius 1 is 1.64 bits per heavy atom. The molecule has 0 bridgehead atoms. The van der Waals surface area contributed by atoms with Crippen LogP contribution in [0.15, 0.2) is 21.7 Å². The molecule has 0 aliphatic heterocycles. The average molecular weight is 231 g/mol. The van der Waals surface area contributed by atoms with Gasteiger partial charge in [-0.05, 0) is 29.7 Å². The minimum absolute atomic E-state index is 0.408. The van der Waals surface area contributed by atoms with Gasteiger partial charge in [-0.2, -0.15) is 0 Å². The van der Waals surface area contributed by atoms with E-state index in [4.69, 9.17) is 0 Å². The molecular formula is C9H13NO2S2. The van der Waals surface area contributed by atoms with Gasteiger partial charge in [0.2, 0.25) is 10.0 Å². The Bertz CT molecular complexity index is 396. The van der Waals surface area contributed by atoms with Gasteiger partial charge in [0.1, 0.15) is 4.21 Å². The molecule has 0 radical (unpaired) electrons. The first kappa shape index (κ1) is 10.1. The Balaban J connectivity index is 1.96. The summed E-state index contributed by atoms with van der Waals surface area (Å²) in [4.78, 5) is 0. The van der Waals surface area contributed by atoms with Crippen molar-refractivity contribution in [2.45, 2.75) is 17.6 Å². The van der Waals surface area contributed by atoms with Crippen LogP contribution in [0.5, 0.6) is 0 Å². The molecule has 1 N–H and O–H groups in total. The summed E-state index contributed by atoms with van der Waals surface area (Å²) >= 11 is 1.25. The van der Waals surface area contributed by atoms with Gasteiger partial charge >= 0.3 is 0 Å². The third-order valence-electron chi connectivity index (χ3n) is 2.57. The predicted octanol–water partition coefficient (Wildman–Crippen LogP) is 1.68. The number of hydrogen-bond acceptors (Lipinski definition) is 3. The highest BCUT2D eigenvalue weighted by Gasteiger charge is 2.33. The first-order valence-corrected chi connectivity index (χ1v) is 6.99. The van der Waals surface area contributed by atoms with Crippen molar-refractivity contribution >= 4 is 21.4 Å². The van der Waals surface area contributed by atoms with E-state index in [1.807, 2.05) is 0 Å². The SMILES string of the molecule is CC1CC1CNS(=O)(=O)c1cccs1. The van der Waals surface area contributed by atoms with E-state index >= 15 is 0 Å². The minimum atomic E-state index is -3.23. The Kier molecular flexibility index (Phi) is 2.64. The minimum Gasteiger partial charge on any atom is -0.210 e. The summed E-state index contributed by atoms with van der Waals surface area (Å²) in [5, 5.41) is 1.77. The second-order valence-electron chi connectivity index (χ2n) is 3.76. The lowest BCUT2D eigenvalue weighted by Crippen LogP contribution is -2.25. The molecule has 1 fully saturated rings. The fourth-order valence-corrected chi connectivity index (χ4v) is 3.52. The van der Waals surface area contributed by atoms with Crippen LogP contribution in [0.25, 0.3) is 0 Å². The zero-order valence-electron chi connectivity index (χ0n) is 7.93. The van der Waals surface area contributed by atoms with Crippen LogP contribution in [0.4, 0.5) is 0 Å². The molecule has 0 spiro atoms. The van der Waals surface area contributed by atoms with Crippen LogP contribution in [-0.2, 0) is 10.0 Å². The third-order valence-corrected chi connectivity index (χ3v) is 5.39. The highest BCUT2D eigenvalue weighted by Crippen LogP contribution is 2.37. The molecule has 1 aliphatic rings. The Labute approximate surface area is 88.2 Å². The van der Waals surface area contributed by atoms with Crippen molar-refractivity contribution in [1.29, 1.82) is 0 Å². The fraction of sp³-hybridized carbons (Fsp3) is 0.556. The first-order valence-electron chi connectivity index (χ1n) is 4.63. The topological polar surface area (TPSA) is 46.2 Å². The quantitative estimate of drug-likeness (QED) is 0.857. The van der Waals surface area contributed by atoms with Crippen LogP contribution in [0.1, 0.15) is 13.3 Å². The van der Waals surface area contributed by atoms with Gasteiger partial charge in [-0.15, -0.1) is 11.3 Å². The van der Waals surface area contributed by atoms with Crippen molar-refractivity contribution in [2.24, 2.45) is 11.8 Å². The number of sulfonamides is 1. The van der Waals surface area contributed by atoms with Gasteiger partial charge in [-0.1, -0.05) is 13.0 Å². The monoisotopic (exact) mass is 231 g/mol. The van der Waals surface area contributed by atoms with Crippen molar-refractivity contribution in [3.8, 4) is 0 Å². The van der Waals surface area contributed by atoms with Gasteiger partial charge in [0, 0.05) is 6.54 Å². The van der Waals surface area contributed by atoms with E-state index in [1.165, 1.54) is 11.3 Å². The highest BCUT2D eigenvalue weighted by molar-refractivity contribution is 7.91. The summed E-state index contributed by atoms with van der Waals surface area (Å²) in [7, 11) is -3.23. The Morgan fingerprint density at radius 3 is 2.86 bits per heavy atom. The summed E-state index contributed by atoms with van der Waals surface area (Å²) in [6.07, 6.45) is 1.15. The van der Waals surface area contributed by atoms with E-state index in [2.05, 4.69) is 11.6 Å². The number of rotatable bonds is 4. The lowest BCUT2D eigenvalue weighted by Gasteiger charge is -2.02. The lowest BCUT2D eigenvalue weighted by atomic mass is 10.3. The molecule has 1 heterocycles. The highest BCUT2D eigenvalue weighted by atomic mass is 32.2. The van der Waals surface area contributed by atoms with E-state index < -0.39 is 10.0 Å². The predicted molar refractivity (Wildman–Crippen MR) is 56.8 cm³/mol. The molecule has 14 heavy (non-hydrogen) atoms. The van der Waals surface area contributed by atoms with Crippen LogP contribution in [0, 0.1) is 11.8 Å². The van der Waals surface area contributed by atoms with Crippen molar-refractivity contribution in [3.63, 3.8) is 0 Å². The van der Waals surface area contributed by atoms with Crippen molar-refractivity contribution in [1.82, 2.24) is 4.72 Å². The number of thiophene rings is 1. The molecule has 1 aromatic rings. The van der Waals surface area contributed by atoms with Crippen molar-refractivity contribution in [3.05, 3.63) is 17.5 Å². The summed E-state index contributed by atoms with van der Waals surface area (Å²) < 4.78 is 26.3. The maximum atomic E-state index is 11.6. The van der Waals surface area contributed by atoms with E-state index in [0.717, 1.165) is 6.42 Å². The van der Waals surface area contributed by atoms with Gasteiger partial charge in [0.25, 0.3) is 0 Å². The summed E-state index contributed by atoms with van der Waals surface area (Å²) in [6.45, 7) is 2.73. The molecule has 0 saturated heterocycles. The molecular weight excluding hydrogens is 218 g/mol. The lowest BCUT2D eigenvalue weighted by molar-refractivity contribution is 0.576. The zero-order chi connectivity index (χ0) is 10.2. The van der Waals surface area contributed by atoms with Crippen LogP contribution in [-0.4, -0.2) is 15.0 Å². The third kappa shape index (κ3) is 2.16. The van der Waals surface area contributed by atoms with Gasteiger partial charge in [-0.3, -0.25) is 0 Å². The second kappa shape index (κ2) is 3.64. The maximum Gasteiger partial charge on any atom is 0.250 e. The molecule has 3 nitrogen and oxygen atoms in total. The molecule has 78 valence electrons. The first-order chi connectivity index (χ1) is 6.59. The van der Waals surface area contributed by atoms with Crippen molar-refractivity contribution in [2.75, 3.05) is 6.54 Å². The smallest absolute Gasteiger partial charge is 0.210 e. The Hall–Kier alpha value is -0.390. The van der Waals surface area contributed by atoms with Gasteiger partial charge in [0.15, 0.2) is 0 Å². The summed E-state index contributed by atoms with van der Waals surface area (Å²) in [6, 6.07) is 3.38. The van der Waals surface area contributed by atoms with E-state index in [0.29, 0.717) is 22.6 Å². The molecule has 2 rings (SSSR count). The number of nitrogens with one attached hydrogen (secondary N) is 1. The van der Waals surface area contributed by atoms with Gasteiger partial charge in [-0.25, -0.2) is 13.1 Å². The second-order valence-corrected chi connectivity index (χ2v) is 6.70. The van der Waals surface area contributed by atoms with Crippen LogP contribution < -0.4 is 4.72 Å². The molecule has 5 heteroatoms. The van der Waals surface area contributed by atoms with Gasteiger partial charge < -0.3 is 0 Å². The van der Waals surface area contributed by atoms with Crippen molar-refractivity contribution < 1.29 is 8.42 Å². The van der Waals surface area contributed by atoms with Crippen LogP contribution in [0.3, 0.4) is 0 Å². The molecule has 2 unspecified atom stereocenters. The van der Waals surface area contributed by atoms with Gasteiger partial charge in [0.05, 0.1) is 0 Å². The maximum absolute atomic E-state index is 11.6. The molecule has 1 aromatic heterocycles. The molecule has 2 atom stereocenters. The summed E-state index contributed by atoms with van der Waals surface area (Å²) in [5.41, 5.74) is 0. The number of hydrogen-bond donors (Lipinski definition) is 1. The molecule has 0 amide bonds. The van der Waals surface area contributed by atoms with Crippen LogP contribution >= 0.6 is 11.3 Å². The fourth-order valence-electron chi connectivity index (χ4n) is 1.39. The van der Waals surface area contributed by atoms with E-state index in [9.17, 15) is 8.42 Å². The molecule has 1 saturated carbocycles. The normalized spacial score (nSPS) is 26.4. The van der Waals surface area contributed by atoms with Crippen LogP contribution in [0.2, 0.25) is 0 Å². The molecule has 1 aliphatic carbocycles. The average Bonchev–Trinajstić information content (AvgIpc) is 2.69. The summed E-state index contributed by atoms with van der Waals surface area (Å²) in [5.74, 6) is 1.23. The Morgan fingerprint density at radius 2 is 2.36 bits per heavy atom. The largest absolute Gasteiger partial charge is 0.250 e. The van der Waals surface area contributed by atoms with E-state index in [-0.39, 0.29) is 0 Å². The zero-order valence-corrected chi connectivity index (χ0v) is 9.57. The van der Waals surface area contributed by atoms with E-state index in [1.54, 1.807) is 17.5 Å². The standard InChI is InChI=1S/C9H13NO2S2/c1-7-5-8(7)6-10-14(11,12)9-3-2-4-13-9/h2-4,7-8,10H,5-6H2,1H3.